The summed E-state index contributed by atoms with van der Waals surface area (Å²) in [5, 5.41) is 12.3. The highest BCUT2D eigenvalue weighted by Gasteiger charge is 2.33. The summed E-state index contributed by atoms with van der Waals surface area (Å²) in [4.78, 5) is 26.1. The van der Waals surface area contributed by atoms with Gasteiger partial charge in [-0.05, 0) is 74.8 Å². The van der Waals surface area contributed by atoms with Crippen molar-refractivity contribution >= 4 is 17.7 Å². The van der Waals surface area contributed by atoms with Gasteiger partial charge in [-0.1, -0.05) is 24.3 Å². The Hall–Kier alpha value is -2.97. The fourth-order valence-electron chi connectivity index (χ4n) is 4.68. The zero-order valence-electron chi connectivity index (χ0n) is 20.0. The normalized spacial score (nSPS) is 19.8. The average molecular weight is 485 g/mol. The third kappa shape index (κ3) is 7.02. The third-order valence-corrected chi connectivity index (χ3v) is 6.64. The number of benzene rings is 2. The Labute approximate surface area is 205 Å². The maximum Gasteiger partial charge on any atom is 0.336 e. The lowest BCUT2D eigenvalue weighted by molar-refractivity contribution is -0.0524. The number of aromatic carboxylic acids is 1. The first kappa shape index (κ1) is 25.1. The van der Waals surface area contributed by atoms with E-state index in [1.807, 2.05) is 6.07 Å². The smallest absolute Gasteiger partial charge is 0.336 e. The first-order valence-corrected chi connectivity index (χ1v) is 12.3. The number of carbonyl (C=O) groups excluding carboxylic acids is 1. The molecule has 2 saturated carbocycles. The molecule has 2 aliphatic carbocycles. The van der Waals surface area contributed by atoms with Gasteiger partial charge in [-0.3, -0.25) is 0 Å². The molecule has 8 heteroatoms. The lowest BCUT2D eigenvalue weighted by Gasteiger charge is -2.30. The highest BCUT2D eigenvalue weighted by molar-refractivity contribution is 5.91. The van der Waals surface area contributed by atoms with Crippen LogP contribution in [0.1, 0.15) is 60.0 Å². The third-order valence-electron chi connectivity index (χ3n) is 6.64. The van der Waals surface area contributed by atoms with Crippen LogP contribution >= 0.6 is 0 Å². The SMILES string of the molecule is Cc1cccc(CO[C@H]2CCC[C@@H](OCCN(C(=O)Nc3cccc(F)c3)C3CC3)C2)c1C(=O)O. The molecule has 2 atom stereocenters. The van der Waals surface area contributed by atoms with Gasteiger partial charge in [-0.15, -0.1) is 0 Å². The first-order chi connectivity index (χ1) is 16.9. The summed E-state index contributed by atoms with van der Waals surface area (Å²) in [6.45, 7) is 2.95. The molecule has 0 radical (unpaired) electrons. The number of urea groups is 1. The summed E-state index contributed by atoms with van der Waals surface area (Å²) in [7, 11) is 0. The highest BCUT2D eigenvalue weighted by Crippen LogP contribution is 2.29. The van der Waals surface area contributed by atoms with E-state index in [-0.39, 0.29) is 36.7 Å². The van der Waals surface area contributed by atoms with Crippen molar-refractivity contribution in [2.45, 2.75) is 70.3 Å². The van der Waals surface area contributed by atoms with Crippen LogP contribution in [0, 0.1) is 12.7 Å². The van der Waals surface area contributed by atoms with E-state index in [0.717, 1.165) is 44.1 Å². The van der Waals surface area contributed by atoms with Crippen molar-refractivity contribution in [3.63, 3.8) is 0 Å². The molecule has 0 aliphatic heterocycles. The van der Waals surface area contributed by atoms with Crippen LogP contribution in [0.3, 0.4) is 0 Å². The van der Waals surface area contributed by atoms with E-state index < -0.39 is 5.97 Å². The Kier molecular flexibility index (Phi) is 8.36. The number of hydrogen-bond acceptors (Lipinski definition) is 4. The molecule has 4 rings (SSSR count). The molecule has 2 fully saturated rings. The number of carboxylic acids is 1. The first-order valence-electron chi connectivity index (χ1n) is 12.3. The van der Waals surface area contributed by atoms with Crippen LogP contribution in [0.2, 0.25) is 0 Å². The van der Waals surface area contributed by atoms with Crippen molar-refractivity contribution in [1.82, 2.24) is 4.90 Å². The van der Waals surface area contributed by atoms with E-state index in [1.54, 1.807) is 36.1 Å². The molecule has 2 aliphatic rings. The number of ether oxygens (including phenoxy) is 2. The number of carbonyl (C=O) groups is 2. The van der Waals surface area contributed by atoms with Gasteiger partial charge in [0.25, 0.3) is 0 Å². The van der Waals surface area contributed by atoms with Gasteiger partial charge in [-0.25, -0.2) is 14.0 Å². The van der Waals surface area contributed by atoms with E-state index in [9.17, 15) is 19.1 Å². The molecule has 35 heavy (non-hydrogen) atoms. The average Bonchev–Trinajstić information content (AvgIpc) is 3.66. The molecule has 7 nitrogen and oxygen atoms in total. The predicted molar refractivity (Wildman–Crippen MR) is 130 cm³/mol. The van der Waals surface area contributed by atoms with Crippen molar-refractivity contribution in [1.29, 1.82) is 0 Å². The quantitative estimate of drug-likeness (QED) is 0.473. The number of anilines is 1. The van der Waals surface area contributed by atoms with E-state index in [2.05, 4.69) is 5.32 Å². The molecule has 2 aromatic rings. The maximum atomic E-state index is 13.4. The number of amides is 2. The van der Waals surface area contributed by atoms with E-state index in [4.69, 9.17) is 9.47 Å². The van der Waals surface area contributed by atoms with E-state index >= 15 is 0 Å². The molecule has 0 heterocycles. The zero-order chi connectivity index (χ0) is 24.8. The summed E-state index contributed by atoms with van der Waals surface area (Å²) in [6, 6.07) is 11.3. The van der Waals surface area contributed by atoms with Gasteiger partial charge in [0.05, 0.1) is 31.0 Å². The second-order valence-electron chi connectivity index (χ2n) is 9.37. The topological polar surface area (TPSA) is 88.1 Å². The van der Waals surface area contributed by atoms with Crippen molar-refractivity contribution < 1.29 is 28.6 Å². The second kappa shape index (κ2) is 11.6. The lowest BCUT2D eigenvalue weighted by Crippen LogP contribution is -2.40. The molecule has 0 aromatic heterocycles. The molecule has 188 valence electrons. The van der Waals surface area contributed by atoms with Crippen LogP contribution in [0.25, 0.3) is 0 Å². The van der Waals surface area contributed by atoms with Gasteiger partial charge in [0.1, 0.15) is 5.82 Å². The Balaban J connectivity index is 1.24. The molecular formula is C27H33FN2O5. The van der Waals surface area contributed by atoms with E-state index in [0.29, 0.717) is 30.0 Å². The predicted octanol–water partition coefficient (Wildman–Crippen LogP) is 5.37. The Morgan fingerprint density at radius 1 is 1.09 bits per heavy atom. The fourth-order valence-corrected chi connectivity index (χ4v) is 4.68. The van der Waals surface area contributed by atoms with Crippen molar-refractivity contribution in [3.8, 4) is 0 Å². The minimum atomic E-state index is -0.937. The van der Waals surface area contributed by atoms with Gasteiger partial charge in [-0.2, -0.15) is 0 Å². The molecule has 2 aromatic carbocycles. The van der Waals surface area contributed by atoms with Crippen molar-refractivity contribution in [3.05, 3.63) is 65.0 Å². The summed E-state index contributed by atoms with van der Waals surface area (Å²) in [5.74, 6) is -1.33. The fraction of sp³-hybridized carbons (Fsp3) is 0.481. The summed E-state index contributed by atoms with van der Waals surface area (Å²) >= 11 is 0. The van der Waals surface area contributed by atoms with Crippen LogP contribution in [0.5, 0.6) is 0 Å². The van der Waals surface area contributed by atoms with Gasteiger partial charge >= 0.3 is 12.0 Å². The molecule has 0 spiro atoms. The Morgan fingerprint density at radius 2 is 1.83 bits per heavy atom. The Bertz CT molecular complexity index is 1040. The van der Waals surface area contributed by atoms with Crippen molar-refractivity contribution in [2.24, 2.45) is 0 Å². The number of rotatable bonds is 10. The van der Waals surface area contributed by atoms with Crippen LogP contribution in [-0.2, 0) is 16.1 Å². The molecule has 0 unspecified atom stereocenters. The van der Waals surface area contributed by atoms with Gasteiger partial charge < -0.3 is 24.8 Å². The zero-order valence-corrected chi connectivity index (χ0v) is 20.0. The maximum absolute atomic E-state index is 13.4. The van der Waals surface area contributed by atoms with Crippen LogP contribution in [0.15, 0.2) is 42.5 Å². The van der Waals surface area contributed by atoms with Crippen LogP contribution < -0.4 is 5.32 Å². The van der Waals surface area contributed by atoms with Gasteiger partial charge in [0.15, 0.2) is 0 Å². The minimum Gasteiger partial charge on any atom is -0.478 e. The standard InChI is InChI=1S/C27H33FN2O5/c1-18-5-2-6-19(25(18)26(31)32)17-35-24-10-4-9-23(16-24)34-14-13-30(22-11-12-22)27(33)29-21-8-3-7-20(28)15-21/h2-3,5-8,15,22-24H,4,9-14,16-17H2,1H3,(H,29,33)(H,31,32)/t23-,24+/m1/s1. The molecule has 2 N–H and O–H groups in total. The minimum absolute atomic E-state index is 0.00622. The van der Waals surface area contributed by atoms with Gasteiger partial charge in [0.2, 0.25) is 0 Å². The summed E-state index contributed by atoms with van der Waals surface area (Å²) in [6.07, 6.45) is 5.54. The highest BCUT2D eigenvalue weighted by atomic mass is 19.1. The number of nitrogens with one attached hydrogen (secondary N) is 1. The molecular weight excluding hydrogens is 451 g/mol. The molecule has 0 bridgehead atoms. The molecule has 2 amide bonds. The van der Waals surface area contributed by atoms with E-state index in [1.165, 1.54) is 12.1 Å². The summed E-state index contributed by atoms with van der Waals surface area (Å²) in [5.41, 5.74) is 2.16. The number of halogens is 1. The number of nitrogens with zero attached hydrogens (tertiary/aromatic N) is 1. The summed E-state index contributed by atoms with van der Waals surface area (Å²) < 4.78 is 25.6. The van der Waals surface area contributed by atoms with Gasteiger partial charge in [0, 0.05) is 18.3 Å². The number of hydrogen-bond donors (Lipinski definition) is 2. The largest absolute Gasteiger partial charge is 0.478 e. The van der Waals surface area contributed by atoms with Crippen molar-refractivity contribution in [2.75, 3.05) is 18.5 Å². The Morgan fingerprint density at radius 3 is 2.54 bits per heavy atom. The number of aryl methyl sites for hydroxylation is 1. The monoisotopic (exact) mass is 484 g/mol. The second-order valence-corrected chi connectivity index (χ2v) is 9.37. The lowest BCUT2D eigenvalue weighted by atomic mass is 9.94. The van der Waals surface area contributed by atoms with Crippen LogP contribution in [-0.4, -0.2) is 53.4 Å². The van der Waals surface area contributed by atoms with Crippen LogP contribution in [0.4, 0.5) is 14.9 Å². The molecule has 0 saturated heterocycles. The number of carboxylic acid groups (broad SMARTS) is 1.